The van der Waals surface area contributed by atoms with E-state index in [1.165, 1.54) is 27.1 Å². The second-order valence-corrected chi connectivity index (χ2v) is 15.1. The third-order valence-electron chi connectivity index (χ3n) is 11.6. The highest BCUT2D eigenvalue weighted by Crippen LogP contribution is 2.41. The first-order valence-corrected chi connectivity index (χ1v) is 20.3. The number of furan rings is 1. The van der Waals surface area contributed by atoms with Gasteiger partial charge in [-0.2, -0.15) is 0 Å². The third kappa shape index (κ3) is 6.05. The summed E-state index contributed by atoms with van der Waals surface area (Å²) in [5, 5.41) is 11.4. The van der Waals surface area contributed by atoms with Gasteiger partial charge in [-0.3, -0.25) is 0 Å². The van der Waals surface area contributed by atoms with E-state index >= 15 is 0 Å². The summed E-state index contributed by atoms with van der Waals surface area (Å²) in [4.78, 5) is 15.9. The first-order chi connectivity index (χ1) is 29.7. The van der Waals surface area contributed by atoms with Crippen LogP contribution in [0.1, 0.15) is 5.56 Å². The molecule has 0 saturated carbocycles. The molecule has 2 aromatic heterocycles. The minimum Gasteiger partial charge on any atom is -0.456 e. The normalized spacial score (nSPS) is 12.0. The number of rotatable bonds is 8. The lowest BCUT2D eigenvalue weighted by atomic mass is 9.93. The van der Waals surface area contributed by atoms with Crippen molar-refractivity contribution in [3.05, 3.63) is 212 Å². The van der Waals surface area contributed by atoms with Crippen molar-refractivity contribution >= 4 is 65.0 Å². The Bertz CT molecular complexity index is 3550. The summed E-state index contributed by atoms with van der Waals surface area (Å²) in [5.74, 6) is 1.87. The summed E-state index contributed by atoms with van der Waals surface area (Å²) in [5.41, 5.74) is 8.06. The van der Waals surface area contributed by atoms with Gasteiger partial charge in [0.15, 0.2) is 17.5 Å². The average molecular weight is 768 g/mol. The molecule has 0 bridgehead atoms. The fourth-order valence-corrected chi connectivity index (χ4v) is 8.79. The zero-order chi connectivity index (χ0) is 40.0. The van der Waals surface area contributed by atoms with Crippen molar-refractivity contribution in [2.45, 2.75) is 6.42 Å². The minimum absolute atomic E-state index is 0.619. The van der Waals surface area contributed by atoms with Gasteiger partial charge in [-0.1, -0.05) is 189 Å². The molecule has 0 aliphatic rings. The topological polar surface area (TPSA) is 51.8 Å². The van der Waals surface area contributed by atoms with Gasteiger partial charge < -0.3 is 4.42 Å². The fourth-order valence-electron chi connectivity index (χ4n) is 8.79. The first-order valence-electron chi connectivity index (χ1n) is 20.3. The van der Waals surface area contributed by atoms with Crippen molar-refractivity contribution in [2.24, 2.45) is 0 Å². The van der Waals surface area contributed by atoms with Gasteiger partial charge in [0.25, 0.3) is 0 Å². The molecule has 2 heterocycles. The fraction of sp³-hybridized carbons (Fsp3) is 0.0179. The van der Waals surface area contributed by atoms with Crippen LogP contribution in [0, 0.1) is 0 Å². The Labute approximate surface area is 347 Å². The third-order valence-corrected chi connectivity index (χ3v) is 11.6. The predicted octanol–water partition coefficient (Wildman–Crippen LogP) is 14.9. The summed E-state index contributed by atoms with van der Waals surface area (Å²) in [7, 11) is 0. The van der Waals surface area contributed by atoms with Crippen LogP contribution in [-0.2, 0) is 6.42 Å². The van der Waals surface area contributed by atoms with Crippen LogP contribution in [-0.4, -0.2) is 15.0 Å². The molecule has 282 valence electrons. The van der Waals surface area contributed by atoms with Crippen LogP contribution in [0.5, 0.6) is 0 Å². The van der Waals surface area contributed by atoms with Crippen LogP contribution < -0.4 is 0 Å². The molecule has 0 N–H and O–H groups in total. The van der Waals surface area contributed by atoms with Crippen LogP contribution in [0.2, 0.25) is 0 Å². The van der Waals surface area contributed by atoms with Crippen molar-refractivity contribution in [1.82, 2.24) is 15.0 Å². The van der Waals surface area contributed by atoms with Crippen molar-refractivity contribution in [3.63, 3.8) is 0 Å². The molecular weight excluding hydrogens is 731 g/mol. The summed E-state index contributed by atoms with van der Waals surface area (Å²) in [6.45, 7) is 3.78. The van der Waals surface area contributed by atoms with E-state index in [-0.39, 0.29) is 0 Å². The van der Waals surface area contributed by atoms with Crippen molar-refractivity contribution < 1.29 is 4.42 Å². The predicted molar refractivity (Wildman–Crippen MR) is 251 cm³/mol. The molecule has 0 unspecified atom stereocenters. The van der Waals surface area contributed by atoms with E-state index in [2.05, 4.69) is 170 Å². The molecule has 0 atom stereocenters. The van der Waals surface area contributed by atoms with Gasteiger partial charge in [0.05, 0.1) is 0 Å². The molecule has 60 heavy (non-hydrogen) atoms. The van der Waals surface area contributed by atoms with Crippen LogP contribution in [0.3, 0.4) is 0 Å². The maximum absolute atomic E-state index is 6.31. The van der Waals surface area contributed by atoms with Gasteiger partial charge in [0.1, 0.15) is 11.2 Å². The summed E-state index contributed by atoms with van der Waals surface area (Å²) >= 11 is 0. The SMILES string of the molecule is C=C/C=C\C=C/Cc1ccc(-c2nc(-c3ccc4c(ccc5ccccc54)c3)nc(-c3cccc4c(-c5cccc6oc7ccccc7c56)cccc34)n2)c2ccccc12. The van der Waals surface area contributed by atoms with E-state index in [1.54, 1.807) is 6.08 Å². The number of nitrogens with zero attached hydrogens (tertiary/aromatic N) is 3. The average Bonchev–Trinajstić information content (AvgIpc) is 3.70. The molecule has 0 aliphatic carbocycles. The minimum atomic E-state index is 0.619. The number of para-hydroxylation sites is 1. The smallest absolute Gasteiger partial charge is 0.164 e. The monoisotopic (exact) mass is 767 g/mol. The molecule has 0 saturated heterocycles. The van der Waals surface area contributed by atoms with E-state index < -0.39 is 0 Å². The molecule has 0 aliphatic heterocycles. The van der Waals surface area contributed by atoms with Gasteiger partial charge in [-0.15, -0.1) is 0 Å². The largest absolute Gasteiger partial charge is 0.456 e. The van der Waals surface area contributed by atoms with Crippen molar-refractivity contribution in [2.75, 3.05) is 0 Å². The Morgan fingerprint density at radius 3 is 1.87 bits per heavy atom. The van der Waals surface area contributed by atoms with E-state index in [0.29, 0.717) is 17.5 Å². The van der Waals surface area contributed by atoms with Gasteiger partial charge in [0.2, 0.25) is 0 Å². The molecular formula is C56H37N3O. The van der Waals surface area contributed by atoms with E-state index in [4.69, 9.17) is 19.4 Å². The van der Waals surface area contributed by atoms with E-state index in [9.17, 15) is 0 Å². The maximum atomic E-state index is 6.31. The lowest BCUT2D eigenvalue weighted by Crippen LogP contribution is -2.01. The van der Waals surface area contributed by atoms with Gasteiger partial charge in [-0.05, 0) is 84.4 Å². The number of hydrogen-bond donors (Lipinski definition) is 0. The maximum Gasteiger partial charge on any atom is 0.164 e. The van der Waals surface area contributed by atoms with Crippen molar-refractivity contribution in [1.29, 1.82) is 0 Å². The quantitative estimate of drug-likeness (QED) is 0.114. The summed E-state index contributed by atoms with van der Waals surface area (Å²) in [6, 6.07) is 59.9. The molecule has 0 fully saturated rings. The molecule has 11 rings (SSSR count). The number of fused-ring (bicyclic) bond motifs is 8. The molecule has 11 aromatic rings. The second-order valence-electron chi connectivity index (χ2n) is 15.1. The number of allylic oxidation sites excluding steroid dienone is 5. The molecule has 9 aromatic carbocycles. The van der Waals surface area contributed by atoms with Gasteiger partial charge >= 0.3 is 0 Å². The molecule has 0 spiro atoms. The Morgan fingerprint density at radius 1 is 0.417 bits per heavy atom. The summed E-state index contributed by atoms with van der Waals surface area (Å²) in [6.07, 6.45) is 10.8. The van der Waals surface area contributed by atoms with Gasteiger partial charge in [0, 0.05) is 27.5 Å². The summed E-state index contributed by atoms with van der Waals surface area (Å²) < 4.78 is 6.31. The molecule has 0 amide bonds. The highest BCUT2D eigenvalue weighted by Gasteiger charge is 2.19. The Morgan fingerprint density at radius 2 is 1.02 bits per heavy atom. The lowest BCUT2D eigenvalue weighted by Gasteiger charge is -2.14. The second kappa shape index (κ2) is 14.8. The zero-order valence-electron chi connectivity index (χ0n) is 32.7. The van der Waals surface area contributed by atoms with E-state index in [1.807, 2.05) is 30.4 Å². The Hall–Kier alpha value is -7.95. The number of benzene rings is 9. The lowest BCUT2D eigenvalue weighted by molar-refractivity contribution is 0.669. The standard InChI is InChI=1S/C56H37N3O/c1-2-3-4-5-6-16-37-31-34-49(43-20-10-9-19-41(37)43)56-58-54(39-32-33-42-38(35-39)30-29-36-17-7-8-18-40(36)42)57-55(59-56)48-26-14-22-44-45(23-13-24-46(44)48)47-25-15-28-52-53(47)50-21-11-12-27-51(50)60-52/h2-15,17-35H,1,16H2/b4-3-,6-5-. The first kappa shape index (κ1) is 35.2. The highest BCUT2D eigenvalue weighted by atomic mass is 16.3. The van der Waals surface area contributed by atoms with E-state index in [0.717, 1.165) is 77.7 Å². The van der Waals surface area contributed by atoms with Crippen LogP contribution in [0.15, 0.2) is 211 Å². The Balaban J connectivity index is 1.12. The molecule has 0 radical (unpaired) electrons. The van der Waals surface area contributed by atoms with Gasteiger partial charge in [-0.25, -0.2) is 15.0 Å². The van der Waals surface area contributed by atoms with Crippen LogP contribution >= 0.6 is 0 Å². The molecule has 4 heteroatoms. The number of aromatic nitrogens is 3. The molecule has 4 nitrogen and oxygen atoms in total. The van der Waals surface area contributed by atoms with Crippen LogP contribution in [0.25, 0.3) is 110 Å². The highest BCUT2D eigenvalue weighted by molar-refractivity contribution is 6.16. The number of hydrogen-bond acceptors (Lipinski definition) is 4. The van der Waals surface area contributed by atoms with Crippen molar-refractivity contribution in [3.8, 4) is 45.3 Å². The van der Waals surface area contributed by atoms with Crippen LogP contribution in [0.4, 0.5) is 0 Å². The Kier molecular flexibility index (Phi) is 8.67. The zero-order valence-corrected chi connectivity index (χ0v) is 32.7.